The first-order valence-corrected chi connectivity index (χ1v) is 6.58. The second-order valence-corrected chi connectivity index (χ2v) is 5.29. The van der Waals surface area contributed by atoms with Crippen LogP contribution in [0.15, 0.2) is 18.2 Å². The second kappa shape index (κ2) is 5.65. The molecule has 2 rings (SSSR count). The van der Waals surface area contributed by atoms with Crippen LogP contribution >= 0.6 is 0 Å². The lowest BCUT2D eigenvalue weighted by molar-refractivity contribution is 0.0120. The van der Waals surface area contributed by atoms with E-state index in [9.17, 15) is 0 Å². The lowest BCUT2D eigenvalue weighted by atomic mass is 9.93. The van der Waals surface area contributed by atoms with Crippen LogP contribution in [0.5, 0.6) is 0 Å². The standard InChI is InChI=1S/C15H23NO/c1-11-6-7-12(2)13(8-11)10-17-15-5-3-4-14(16)9-15/h6-8,14-15H,3-5,9-10,16H2,1-2H3. The Kier molecular flexibility index (Phi) is 4.19. The van der Waals surface area contributed by atoms with Crippen LogP contribution in [-0.4, -0.2) is 12.1 Å². The lowest BCUT2D eigenvalue weighted by Gasteiger charge is -2.27. The minimum absolute atomic E-state index is 0.340. The summed E-state index contributed by atoms with van der Waals surface area (Å²) in [7, 11) is 0. The summed E-state index contributed by atoms with van der Waals surface area (Å²) >= 11 is 0. The van der Waals surface area contributed by atoms with Crippen molar-refractivity contribution in [1.82, 2.24) is 0 Å². The van der Waals surface area contributed by atoms with Gasteiger partial charge in [-0.25, -0.2) is 0 Å². The van der Waals surface area contributed by atoms with Crippen molar-refractivity contribution in [2.45, 2.75) is 58.3 Å². The Labute approximate surface area is 104 Å². The predicted molar refractivity (Wildman–Crippen MR) is 70.9 cm³/mol. The van der Waals surface area contributed by atoms with Crippen molar-refractivity contribution in [3.63, 3.8) is 0 Å². The molecule has 0 bridgehead atoms. The first-order chi connectivity index (χ1) is 8.15. The molecule has 2 nitrogen and oxygen atoms in total. The smallest absolute Gasteiger partial charge is 0.0723 e. The van der Waals surface area contributed by atoms with Crippen LogP contribution in [0.2, 0.25) is 0 Å². The third kappa shape index (κ3) is 3.55. The molecule has 1 aliphatic rings. The minimum atomic E-state index is 0.340. The quantitative estimate of drug-likeness (QED) is 0.870. The van der Waals surface area contributed by atoms with E-state index in [1.807, 2.05) is 0 Å². The summed E-state index contributed by atoms with van der Waals surface area (Å²) in [5.74, 6) is 0. The fourth-order valence-electron chi connectivity index (χ4n) is 2.50. The zero-order valence-corrected chi connectivity index (χ0v) is 10.9. The van der Waals surface area contributed by atoms with E-state index < -0.39 is 0 Å². The molecule has 2 atom stereocenters. The van der Waals surface area contributed by atoms with E-state index in [1.54, 1.807) is 0 Å². The van der Waals surface area contributed by atoms with Gasteiger partial charge in [0.1, 0.15) is 0 Å². The van der Waals surface area contributed by atoms with Gasteiger partial charge in [0.2, 0.25) is 0 Å². The average molecular weight is 233 g/mol. The number of benzene rings is 1. The molecule has 0 aliphatic heterocycles. The molecule has 0 aromatic heterocycles. The molecule has 0 spiro atoms. The number of ether oxygens (including phenoxy) is 1. The van der Waals surface area contributed by atoms with Crippen molar-refractivity contribution < 1.29 is 4.74 Å². The van der Waals surface area contributed by atoms with Gasteiger partial charge in [-0.05, 0) is 50.7 Å². The maximum absolute atomic E-state index is 6.00. The molecule has 94 valence electrons. The second-order valence-electron chi connectivity index (χ2n) is 5.29. The Hall–Kier alpha value is -0.860. The molecule has 1 aliphatic carbocycles. The zero-order valence-electron chi connectivity index (χ0n) is 10.9. The molecule has 0 heterocycles. The van der Waals surface area contributed by atoms with E-state index in [-0.39, 0.29) is 0 Å². The van der Waals surface area contributed by atoms with Gasteiger partial charge in [-0.1, -0.05) is 23.8 Å². The van der Waals surface area contributed by atoms with Crippen molar-refractivity contribution in [2.75, 3.05) is 0 Å². The van der Waals surface area contributed by atoms with Crippen LogP contribution in [0.1, 0.15) is 42.4 Å². The van der Waals surface area contributed by atoms with E-state index in [4.69, 9.17) is 10.5 Å². The molecule has 1 aromatic rings. The van der Waals surface area contributed by atoms with Gasteiger partial charge >= 0.3 is 0 Å². The fourth-order valence-corrected chi connectivity index (χ4v) is 2.50. The van der Waals surface area contributed by atoms with Crippen LogP contribution in [0.25, 0.3) is 0 Å². The molecule has 0 saturated heterocycles. The SMILES string of the molecule is Cc1ccc(C)c(COC2CCCC(N)C2)c1. The Morgan fingerprint density at radius 1 is 1.29 bits per heavy atom. The topological polar surface area (TPSA) is 35.2 Å². The molecule has 2 heteroatoms. The van der Waals surface area contributed by atoms with Gasteiger partial charge in [-0.15, -0.1) is 0 Å². The van der Waals surface area contributed by atoms with E-state index in [0.717, 1.165) is 19.4 Å². The predicted octanol–water partition coefficient (Wildman–Crippen LogP) is 3.09. The highest BCUT2D eigenvalue weighted by Crippen LogP contribution is 2.21. The first kappa shape index (κ1) is 12.6. The molecule has 2 N–H and O–H groups in total. The van der Waals surface area contributed by atoms with Gasteiger partial charge < -0.3 is 10.5 Å². The molecule has 2 unspecified atom stereocenters. The highest BCUT2D eigenvalue weighted by molar-refractivity contribution is 5.29. The number of hydrogen-bond acceptors (Lipinski definition) is 2. The van der Waals surface area contributed by atoms with Crippen LogP contribution in [0, 0.1) is 13.8 Å². The Morgan fingerprint density at radius 3 is 2.88 bits per heavy atom. The van der Waals surface area contributed by atoms with Crippen molar-refractivity contribution in [1.29, 1.82) is 0 Å². The van der Waals surface area contributed by atoms with Crippen LogP contribution < -0.4 is 5.73 Å². The van der Waals surface area contributed by atoms with Gasteiger partial charge in [0.15, 0.2) is 0 Å². The van der Waals surface area contributed by atoms with E-state index in [2.05, 4.69) is 32.0 Å². The number of aryl methyl sites for hydroxylation is 2. The minimum Gasteiger partial charge on any atom is -0.373 e. The molecule has 1 saturated carbocycles. The summed E-state index contributed by atoms with van der Waals surface area (Å²) in [5, 5.41) is 0. The normalized spacial score (nSPS) is 24.9. The largest absolute Gasteiger partial charge is 0.373 e. The summed E-state index contributed by atoms with van der Waals surface area (Å²) < 4.78 is 6.00. The van der Waals surface area contributed by atoms with Gasteiger partial charge in [0.25, 0.3) is 0 Å². The van der Waals surface area contributed by atoms with Crippen molar-refractivity contribution in [3.8, 4) is 0 Å². The zero-order chi connectivity index (χ0) is 12.3. The van der Waals surface area contributed by atoms with E-state index in [0.29, 0.717) is 12.1 Å². The highest BCUT2D eigenvalue weighted by atomic mass is 16.5. The van der Waals surface area contributed by atoms with E-state index >= 15 is 0 Å². The molecule has 0 amide bonds. The van der Waals surface area contributed by atoms with Crippen molar-refractivity contribution >= 4 is 0 Å². The van der Waals surface area contributed by atoms with E-state index in [1.165, 1.54) is 29.5 Å². The lowest BCUT2D eigenvalue weighted by Crippen LogP contribution is -2.32. The van der Waals surface area contributed by atoms with Crippen molar-refractivity contribution in [2.24, 2.45) is 5.73 Å². The molecule has 0 radical (unpaired) electrons. The number of rotatable bonds is 3. The Morgan fingerprint density at radius 2 is 2.12 bits per heavy atom. The third-order valence-electron chi connectivity index (χ3n) is 3.65. The van der Waals surface area contributed by atoms with Gasteiger partial charge in [0, 0.05) is 6.04 Å². The summed E-state index contributed by atoms with van der Waals surface area (Å²) in [4.78, 5) is 0. The maximum Gasteiger partial charge on any atom is 0.0723 e. The monoisotopic (exact) mass is 233 g/mol. The molecule has 1 aromatic carbocycles. The highest BCUT2D eigenvalue weighted by Gasteiger charge is 2.19. The van der Waals surface area contributed by atoms with Gasteiger partial charge in [-0.3, -0.25) is 0 Å². The van der Waals surface area contributed by atoms with Crippen LogP contribution in [0.4, 0.5) is 0 Å². The Bertz CT molecular complexity index is 375. The molecule has 17 heavy (non-hydrogen) atoms. The number of nitrogens with two attached hydrogens (primary N) is 1. The average Bonchev–Trinajstić information content (AvgIpc) is 2.30. The summed E-state index contributed by atoms with van der Waals surface area (Å²) in [6.45, 7) is 5.00. The van der Waals surface area contributed by atoms with Crippen LogP contribution in [0.3, 0.4) is 0 Å². The Balaban J connectivity index is 1.90. The van der Waals surface area contributed by atoms with Gasteiger partial charge in [0.05, 0.1) is 12.7 Å². The third-order valence-corrected chi connectivity index (χ3v) is 3.65. The fraction of sp³-hybridized carbons (Fsp3) is 0.600. The maximum atomic E-state index is 6.00. The summed E-state index contributed by atoms with van der Waals surface area (Å²) in [6.07, 6.45) is 4.91. The van der Waals surface area contributed by atoms with Crippen molar-refractivity contribution in [3.05, 3.63) is 34.9 Å². The molecular formula is C15H23NO. The van der Waals surface area contributed by atoms with Gasteiger partial charge in [-0.2, -0.15) is 0 Å². The summed E-state index contributed by atoms with van der Waals surface area (Å²) in [6, 6.07) is 6.88. The number of hydrogen-bond donors (Lipinski definition) is 1. The molecular weight excluding hydrogens is 210 g/mol. The molecule has 1 fully saturated rings. The first-order valence-electron chi connectivity index (χ1n) is 6.58. The summed E-state index contributed by atoms with van der Waals surface area (Å²) in [5.41, 5.74) is 9.89. The van der Waals surface area contributed by atoms with Crippen LogP contribution in [-0.2, 0) is 11.3 Å².